The van der Waals surface area contributed by atoms with Crippen LogP contribution in [0.1, 0.15) is 12.5 Å². The molecule has 3 aromatic rings. The fourth-order valence-corrected chi connectivity index (χ4v) is 3.63. The first-order valence-electron chi connectivity index (χ1n) is 8.96. The Hall–Kier alpha value is -3.26. The third-order valence-corrected chi connectivity index (χ3v) is 5.06. The van der Waals surface area contributed by atoms with Gasteiger partial charge in [0.15, 0.2) is 0 Å². The number of methoxy groups -OCH3 is 3. The van der Waals surface area contributed by atoms with E-state index in [1.165, 1.54) is 11.3 Å². The monoisotopic (exact) mass is 413 g/mol. The smallest absolute Gasteiger partial charge is 0.206 e. The molecular weight excluding hydrogens is 390 g/mol. The summed E-state index contributed by atoms with van der Waals surface area (Å²) < 4.78 is 17.9. The van der Waals surface area contributed by atoms with Crippen LogP contribution in [0, 0.1) is 0 Å². The van der Waals surface area contributed by atoms with Crippen LogP contribution in [0.5, 0.6) is 23.0 Å². The minimum Gasteiger partial charge on any atom is -0.507 e. The number of hydrogen-bond donors (Lipinski definition) is 1. The van der Waals surface area contributed by atoms with Crippen molar-refractivity contribution in [1.82, 2.24) is 4.68 Å². The van der Waals surface area contributed by atoms with E-state index in [4.69, 9.17) is 14.2 Å². The van der Waals surface area contributed by atoms with E-state index in [2.05, 4.69) is 10.1 Å². The topological polar surface area (TPSA) is 77.6 Å². The van der Waals surface area contributed by atoms with Crippen LogP contribution in [-0.4, -0.2) is 43.9 Å². The van der Waals surface area contributed by atoms with E-state index in [9.17, 15) is 5.11 Å². The number of phenols is 1. The fourth-order valence-electron chi connectivity index (χ4n) is 2.74. The molecule has 0 aliphatic carbocycles. The van der Waals surface area contributed by atoms with Gasteiger partial charge in [-0.25, -0.2) is 4.68 Å². The minimum atomic E-state index is 0.111. The molecular formula is C21H23N3O4S. The lowest BCUT2D eigenvalue weighted by Crippen LogP contribution is -2.12. The van der Waals surface area contributed by atoms with Gasteiger partial charge in [0.2, 0.25) is 4.80 Å². The summed E-state index contributed by atoms with van der Waals surface area (Å²) in [6.07, 6.45) is 1.58. The molecule has 3 rings (SSSR count). The van der Waals surface area contributed by atoms with Crippen molar-refractivity contribution < 1.29 is 19.3 Å². The summed E-state index contributed by atoms with van der Waals surface area (Å²) in [5.74, 6) is 2.15. The molecule has 1 heterocycles. The first-order chi connectivity index (χ1) is 14.1. The molecule has 29 heavy (non-hydrogen) atoms. The SMILES string of the molecule is CCN=c1scc(-c2cc(OC)ccc2OC)n1/N=C/c1cc(OC)ccc1O. The molecule has 8 heteroatoms. The third kappa shape index (κ3) is 4.43. The van der Waals surface area contributed by atoms with E-state index >= 15 is 0 Å². The molecule has 0 aliphatic heterocycles. The number of benzene rings is 2. The van der Waals surface area contributed by atoms with Gasteiger partial charge in [0.25, 0.3) is 0 Å². The van der Waals surface area contributed by atoms with E-state index in [-0.39, 0.29) is 5.75 Å². The van der Waals surface area contributed by atoms with Crippen LogP contribution in [0.4, 0.5) is 0 Å². The molecule has 0 amide bonds. The van der Waals surface area contributed by atoms with Gasteiger partial charge >= 0.3 is 0 Å². The molecule has 0 bridgehead atoms. The Morgan fingerprint density at radius 3 is 2.45 bits per heavy atom. The second-order valence-electron chi connectivity index (χ2n) is 5.93. The summed E-state index contributed by atoms with van der Waals surface area (Å²) in [5.41, 5.74) is 2.17. The van der Waals surface area contributed by atoms with Crippen LogP contribution in [0.2, 0.25) is 0 Å². The van der Waals surface area contributed by atoms with Crippen molar-refractivity contribution >= 4 is 17.6 Å². The van der Waals surface area contributed by atoms with Gasteiger partial charge < -0.3 is 19.3 Å². The molecule has 1 N–H and O–H groups in total. The number of ether oxygens (including phenoxy) is 3. The molecule has 2 aromatic carbocycles. The lowest BCUT2D eigenvalue weighted by atomic mass is 10.1. The molecule has 0 fully saturated rings. The maximum atomic E-state index is 10.2. The molecule has 0 atom stereocenters. The highest BCUT2D eigenvalue weighted by Crippen LogP contribution is 2.33. The number of hydrogen-bond acceptors (Lipinski definition) is 7. The Labute approximate surface area is 173 Å². The molecule has 0 spiro atoms. The van der Waals surface area contributed by atoms with Crippen molar-refractivity contribution in [3.63, 3.8) is 0 Å². The van der Waals surface area contributed by atoms with Crippen molar-refractivity contribution in [2.45, 2.75) is 6.92 Å². The largest absolute Gasteiger partial charge is 0.507 e. The lowest BCUT2D eigenvalue weighted by molar-refractivity contribution is 0.404. The maximum absolute atomic E-state index is 10.2. The molecule has 0 radical (unpaired) electrons. The summed E-state index contributed by atoms with van der Waals surface area (Å²) in [4.78, 5) is 5.26. The summed E-state index contributed by atoms with van der Waals surface area (Å²) >= 11 is 1.47. The van der Waals surface area contributed by atoms with Gasteiger partial charge in [-0.3, -0.25) is 4.99 Å². The van der Waals surface area contributed by atoms with Crippen molar-refractivity contribution in [3.05, 3.63) is 52.1 Å². The average molecular weight is 413 g/mol. The first kappa shape index (κ1) is 20.5. The summed E-state index contributed by atoms with van der Waals surface area (Å²) in [5, 5.41) is 16.7. The molecule has 0 saturated carbocycles. The Morgan fingerprint density at radius 2 is 1.76 bits per heavy atom. The van der Waals surface area contributed by atoms with Crippen LogP contribution in [0.25, 0.3) is 11.3 Å². The maximum Gasteiger partial charge on any atom is 0.206 e. The van der Waals surface area contributed by atoms with Crippen LogP contribution < -0.4 is 19.0 Å². The second-order valence-corrected chi connectivity index (χ2v) is 6.76. The van der Waals surface area contributed by atoms with Gasteiger partial charge in [-0.05, 0) is 43.3 Å². The second kappa shape index (κ2) is 9.29. The van der Waals surface area contributed by atoms with E-state index in [1.807, 2.05) is 30.5 Å². The minimum absolute atomic E-state index is 0.111. The summed E-state index contributed by atoms with van der Waals surface area (Å²) in [6.45, 7) is 2.59. The van der Waals surface area contributed by atoms with E-state index in [0.29, 0.717) is 29.4 Å². The highest BCUT2D eigenvalue weighted by Gasteiger charge is 2.14. The van der Waals surface area contributed by atoms with Crippen molar-refractivity contribution in [3.8, 4) is 34.3 Å². The number of nitrogens with zero attached hydrogens (tertiary/aromatic N) is 3. The molecule has 152 valence electrons. The quantitative estimate of drug-likeness (QED) is 0.599. The normalized spacial score (nSPS) is 11.8. The van der Waals surface area contributed by atoms with Crippen molar-refractivity contribution in [1.29, 1.82) is 0 Å². The van der Waals surface area contributed by atoms with E-state index in [1.54, 1.807) is 50.4 Å². The average Bonchev–Trinajstić information content (AvgIpc) is 3.15. The van der Waals surface area contributed by atoms with E-state index in [0.717, 1.165) is 16.1 Å². The van der Waals surface area contributed by atoms with Crippen LogP contribution >= 0.6 is 11.3 Å². The Kier molecular flexibility index (Phi) is 6.56. The van der Waals surface area contributed by atoms with Gasteiger partial charge in [-0.15, -0.1) is 11.3 Å². The molecule has 0 aliphatic rings. The predicted molar refractivity (Wildman–Crippen MR) is 115 cm³/mol. The predicted octanol–water partition coefficient (Wildman–Crippen LogP) is 3.75. The Morgan fingerprint density at radius 1 is 1.03 bits per heavy atom. The van der Waals surface area contributed by atoms with Crippen LogP contribution in [0.3, 0.4) is 0 Å². The lowest BCUT2D eigenvalue weighted by Gasteiger charge is -2.11. The zero-order valence-electron chi connectivity index (χ0n) is 16.7. The van der Waals surface area contributed by atoms with Crippen LogP contribution in [0.15, 0.2) is 51.9 Å². The fraction of sp³-hybridized carbons (Fsp3) is 0.238. The van der Waals surface area contributed by atoms with Gasteiger partial charge in [0.05, 0.1) is 33.2 Å². The molecule has 1 aromatic heterocycles. The number of aromatic hydroxyl groups is 1. The first-order valence-corrected chi connectivity index (χ1v) is 9.84. The standard InChI is InChI=1S/C21H23N3O4S/c1-5-22-21-24(23-12-14-10-15(26-2)6-8-19(14)25)18(13-29-21)17-11-16(27-3)7-9-20(17)28-4/h6-13,25H,5H2,1-4H3/b22-21?,23-12+. The molecule has 0 saturated heterocycles. The molecule has 0 unspecified atom stereocenters. The highest BCUT2D eigenvalue weighted by molar-refractivity contribution is 7.07. The third-order valence-electron chi connectivity index (χ3n) is 4.21. The van der Waals surface area contributed by atoms with Crippen LogP contribution in [-0.2, 0) is 0 Å². The van der Waals surface area contributed by atoms with Gasteiger partial charge in [0, 0.05) is 23.1 Å². The Bertz CT molecular complexity index is 1090. The van der Waals surface area contributed by atoms with Crippen molar-refractivity contribution in [2.75, 3.05) is 27.9 Å². The summed E-state index contributed by atoms with van der Waals surface area (Å²) in [6, 6.07) is 10.6. The van der Waals surface area contributed by atoms with Crippen molar-refractivity contribution in [2.24, 2.45) is 10.1 Å². The number of phenolic OH excluding ortho intramolecular Hbond substituents is 1. The molecule has 7 nitrogen and oxygen atoms in total. The number of thiazole rings is 1. The Balaban J connectivity index is 2.15. The number of rotatable bonds is 7. The van der Waals surface area contributed by atoms with Gasteiger partial charge in [0.1, 0.15) is 23.0 Å². The van der Waals surface area contributed by atoms with Gasteiger partial charge in [-0.2, -0.15) is 5.10 Å². The summed E-state index contributed by atoms with van der Waals surface area (Å²) in [7, 11) is 4.82. The van der Waals surface area contributed by atoms with Gasteiger partial charge in [-0.1, -0.05) is 0 Å². The number of aromatic nitrogens is 1. The highest BCUT2D eigenvalue weighted by atomic mass is 32.1. The zero-order valence-corrected chi connectivity index (χ0v) is 17.6. The van der Waals surface area contributed by atoms with E-state index < -0.39 is 0 Å². The zero-order chi connectivity index (χ0) is 20.8.